The minimum Gasteiger partial charge on any atom is -0.461 e. The number of hydrogen-bond donors (Lipinski definition) is 0. The Morgan fingerprint density at radius 3 is 2.59 bits per heavy atom. The number of nitrogens with zero attached hydrogens (tertiary/aromatic N) is 3. The van der Waals surface area contributed by atoms with Crippen LogP contribution in [0.4, 0.5) is 13.2 Å². The molecule has 0 amide bonds. The maximum atomic E-state index is 12.1. The van der Waals surface area contributed by atoms with Gasteiger partial charge in [-0.1, -0.05) is 42.1 Å². The molecule has 0 N–H and O–H groups in total. The summed E-state index contributed by atoms with van der Waals surface area (Å²) in [5.74, 6) is 1.79. The third-order valence-corrected chi connectivity index (χ3v) is 4.62. The van der Waals surface area contributed by atoms with E-state index in [-0.39, 0.29) is 6.61 Å². The molecule has 0 saturated heterocycles. The van der Waals surface area contributed by atoms with Gasteiger partial charge in [0.2, 0.25) is 5.82 Å². The monoisotopic (exact) mass is 397 g/mol. The molecule has 0 aliphatic carbocycles. The highest BCUT2D eigenvalue weighted by Crippen LogP contribution is 2.26. The van der Waals surface area contributed by atoms with E-state index in [4.69, 9.17) is 4.42 Å². The summed E-state index contributed by atoms with van der Waals surface area (Å²) in [4.78, 5) is 0. The normalized spacial score (nSPS) is 11.8. The number of furan rings is 1. The van der Waals surface area contributed by atoms with Crippen LogP contribution in [0.1, 0.15) is 12.0 Å². The Morgan fingerprint density at radius 1 is 1.07 bits per heavy atom. The van der Waals surface area contributed by atoms with Crippen LogP contribution in [0.15, 0.2) is 58.3 Å². The topological polar surface area (TPSA) is 53.1 Å². The van der Waals surface area contributed by atoms with E-state index in [0.29, 0.717) is 35.5 Å². The van der Waals surface area contributed by atoms with E-state index in [1.807, 2.05) is 41.0 Å². The summed E-state index contributed by atoms with van der Waals surface area (Å²) < 4.78 is 48.2. The number of halogens is 3. The van der Waals surface area contributed by atoms with Crippen molar-refractivity contribution in [2.75, 3.05) is 19.0 Å². The van der Waals surface area contributed by atoms with Crippen molar-refractivity contribution in [2.45, 2.75) is 24.3 Å². The molecule has 9 heteroatoms. The number of ether oxygens (including phenoxy) is 1. The second-order valence-corrected chi connectivity index (χ2v) is 6.79. The largest absolute Gasteiger partial charge is 0.461 e. The fourth-order valence-corrected chi connectivity index (χ4v) is 3.25. The van der Waals surface area contributed by atoms with E-state index < -0.39 is 12.8 Å². The highest BCUT2D eigenvalue weighted by Gasteiger charge is 2.27. The maximum absolute atomic E-state index is 12.1. The predicted molar refractivity (Wildman–Crippen MR) is 95.5 cm³/mol. The van der Waals surface area contributed by atoms with Crippen molar-refractivity contribution in [3.63, 3.8) is 0 Å². The van der Waals surface area contributed by atoms with Crippen molar-refractivity contribution in [3.8, 4) is 11.6 Å². The molecule has 0 unspecified atom stereocenters. The maximum Gasteiger partial charge on any atom is 0.411 e. The van der Waals surface area contributed by atoms with Gasteiger partial charge in [-0.05, 0) is 24.1 Å². The molecule has 2 heterocycles. The van der Waals surface area contributed by atoms with Gasteiger partial charge < -0.3 is 9.15 Å². The van der Waals surface area contributed by atoms with Gasteiger partial charge in [-0.25, -0.2) is 0 Å². The van der Waals surface area contributed by atoms with E-state index in [2.05, 4.69) is 14.9 Å². The van der Waals surface area contributed by atoms with Gasteiger partial charge in [0.15, 0.2) is 10.9 Å². The van der Waals surface area contributed by atoms with E-state index in [0.717, 1.165) is 5.56 Å². The minimum atomic E-state index is -4.29. The zero-order valence-electron chi connectivity index (χ0n) is 14.4. The first-order chi connectivity index (χ1) is 13.0. The van der Waals surface area contributed by atoms with Crippen LogP contribution in [0.3, 0.4) is 0 Å². The molecule has 0 spiro atoms. The van der Waals surface area contributed by atoms with Gasteiger partial charge in [-0.2, -0.15) is 13.2 Å². The van der Waals surface area contributed by atoms with Crippen molar-refractivity contribution in [2.24, 2.45) is 0 Å². The van der Waals surface area contributed by atoms with Crippen LogP contribution in [-0.2, 0) is 11.3 Å². The molecular formula is C18H18F3N3O2S. The average molecular weight is 397 g/mol. The van der Waals surface area contributed by atoms with Crippen molar-refractivity contribution in [1.82, 2.24) is 14.8 Å². The molecule has 0 radical (unpaired) electrons. The van der Waals surface area contributed by atoms with Gasteiger partial charge in [-0.3, -0.25) is 4.57 Å². The third kappa shape index (κ3) is 5.86. The first-order valence-corrected chi connectivity index (χ1v) is 9.30. The number of rotatable bonds is 9. The lowest BCUT2D eigenvalue weighted by molar-refractivity contribution is -0.173. The van der Waals surface area contributed by atoms with Crippen LogP contribution in [-0.4, -0.2) is 39.9 Å². The van der Waals surface area contributed by atoms with Crippen molar-refractivity contribution < 1.29 is 22.3 Å². The quantitative estimate of drug-likeness (QED) is 0.389. The second-order valence-electron chi connectivity index (χ2n) is 5.73. The minimum absolute atomic E-state index is 0.0460. The number of aromatic nitrogens is 3. The molecule has 144 valence electrons. The lowest BCUT2D eigenvalue weighted by atomic mass is 10.2. The van der Waals surface area contributed by atoms with E-state index in [1.54, 1.807) is 12.3 Å². The second kappa shape index (κ2) is 9.09. The molecule has 0 aliphatic rings. The Labute approximate surface area is 158 Å². The number of benzene rings is 1. The summed E-state index contributed by atoms with van der Waals surface area (Å²) in [6, 6.07) is 13.5. The van der Waals surface area contributed by atoms with E-state index in [1.165, 1.54) is 11.8 Å². The summed E-state index contributed by atoms with van der Waals surface area (Å²) in [7, 11) is 0. The molecule has 0 aliphatic heterocycles. The first-order valence-electron chi connectivity index (χ1n) is 8.31. The highest BCUT2D eigenvalue weighted by molar-refractivity contribution is 7.99. The Morgan fingerprint density at radius 2 is 1.89 bits per heavy atom. The van der Waals surface area contributed by atoms with Crippen LogP contribution in [0, 0.1) is 0 Å². The average Bonchev–Trinajstić information content (AvgIpc) is 3.28. The SMILES string of the molecule is FC(F)(F)COCCCSc1nnc(-c2ccco2)n1Cc1ccccc1. The third-order valence-electron chi connectivity index (χ3n) is 3.57. The Kier molecular flexibility index (Phi) is 6.57. The molecule has 0 bridgehead atoms. The van der Waals surface area contributed by atoms with Gasteiger partial charge in [0.25, 0.3) is 0 Å². The molecule has 5 nitrogen and oxygen atoms in total. The Balaban J connectivity index is 1.64. The molecule has 2 aromatic heterocycles. The van der Waals surface area contributed by atoms with Crippen LogP contribution in [0.25, 0.3) is 11.6 Å². The van der Waals surface area contributed by atoms with Crippen molar-refractivity contribution in [3.05, 3.63) is 54.3 Å². The summed E-state index contributed by atoms with van der Waals surface area (Å²) in [6.45, 7) is -0.606. The lowest BCUT2D eigenvalue weighted by Crippen LogP contribution is -2.17. The molecular weight excluding hydrogens is 379 g/mol. The zero-order chi connectivity index (χ0) is 19.1. The first kappa shape index (κ1) is 19.5. The van der Waals surface area contributed by atoms with Crippen LogP contribution in [0.2, 0.25) is 0 Å². The summed E-state index contributed by atoms with van der Waals surface area (Å²) in [6.07, 6.45) is -2.24. The molecule has 3 rings (SSSR count). The standard InChI is InChI=1S/C18H18F3N3O2S/c19-18(20,21)13-25-9-5-11-27-17-23-22-16(15-8-4-10-26-15)24(17)12-14-6-2-1-3-7-14/h1-4,6-8,10H,5,9,11-13H2. The highest BCUT2D eigenvalue weighted by atomic mass is 32.2. The van der Waals surface area contributed by atoms with Crippen molar-refractivity contribution >= 4 is 11.8 Å². The Bertz CT molecular complexity index is 820. The number of alkyl halides is 3. The van der Waals surface area contributed by atoms with Gasteiger partial charge in [0.05, 0.1) is 12.8 Å². The van der Waals surface area contributed by atoms with E-state index in [9.17, 15) is 13.2 Å². The molecule has 0 fully saturated rings. The smallest absolute Gasteiger partial charge is 0.411 e. The van der Waals surface area contributed by atoms with Gasteiger partial charge in [-0.15, -0.1) is 10.2 Å². The van der Waals surface area contributed by atoms with Crippen LogP contribution in [0.5, 0.6) is 0 Å². The molecule has 1 aromatic carbocycles. The summed E-state index contributed by atoms with van der Waals surface area (Å²) in [5.41, 5.74) is 1.08. The molecule has 27 heavy (non-hydrogen) atoms. The Hall–Kier alpha value is -2.26. The zero-order valence-corrected chi connectivity index (χ0v) is 15.2. The fraction of sp³-hybridized carbons (Fsp3) is 0.333. The predicted octanol–water partition coefficient (Wildman–Crippen LogP) is 4.65. The van der Waals surface area contributed by atoms with Gasteiger partial charge in [0, 0.05) is 12.4 Å². The van der Waals surface area contributed by atoms with E-state index >= 15 is 0 Å². The number of hydrogen-bond acceptors (Lipinski definition) is 5. The molecule has 0 atom stereocenters. The summed E-state index contributed by atoms with van der Waals surface area (Å²) >= 11 is 1.43. The lowest BCUT2D eigenvalue weighted by Gasteiger charge is -2.10. The molecule has 0 saturated carbocycles. The van der Waals surface area contributed by atoms with Crippen molar-refractivity contribution in [1.29, 1.82) is 0 Å². The fourth-order valence-electron chi connectivity index (χ4n) is 2.40. The number of thioether (sulfide) groups is 1. The van der Waals surface area contributed by atoms with Gasteiger partial charge >= 0.3 is 6.18 Å². The van der Waals surface area contributed by atoms with Crippen LogP contribution >= 0.6 is 11.8 Å². The van der Waals surface area contributed by atoms with Gasteiger partial charge in [0.1, 0.15) is 6.61 Å². The summed E-state index contributed by atoms with van der Waals surface area (Å²) in [5, 5.41) is 9.12. The van der Waals surface area contributed by atoms with Crippen LogP contribution < -0.4 is 0 Å². The molecule has 3 aromatic rings.